The van der Waals surface area contributed by atoms with Gasteiger partial charge in [-0.05, 0) is 30.0 Å². The molecule has 0 amide bonds. The first kappa shape index (κ1) is 11.7. The smallest absolute Gasteiger partial charge is 0.242 e. The zero-order valence-corrected chi connectivity index (χ0v) is 8.07. The molecule has 1 atom stereocenters. The average Bonchev–Trinajstić information content (AvgIpc) is 2.05. The van der Waals surface area contributed by atoms with Gasteiger partial charge >= 0.3 is 0 Å². The van der Waals surface area contributed by atoms with E-state index in [0.29, 0.717) is 0 Å². The summed E-state index contributed by atoms with van der Waals surface area (Å²) in [5.74, 6) is 0. The molecule has 1 aliphatic rings. The Hall–Kier alpha value is -0.310. The van der Waals surface area contributed by atoms with E-state index in [-0.39, 0.29) is 12.4 Å². The van der Waals surface area contributed by atoms with E-state index in [9.17, 15) is 4.79 Å². The molecule has 0 saturated carbocycles. The van der Waals surface area contributed by atoms with Crippen molar-refractivity contribution in [3.05, 3.63) is 23.8 Å². The maximum Gasteiger partial charge on any atom is 0.242 e. The van der Waals surface area contributed by atoms with Gasteiger partial charge in [0.15, 0.2) is 0 Å². The molecular formula is C8H11Cl2NO. The maximum absolute atomic E-state index is 10.6. The number of halogens is 2. The van der Waals surface area contributed by atoms with Crippen LogP contribution in [0.2, 0.25) is 0 Å². The Bertz CT molecular complexity index is 223. The molecule has 68 valence electrons. The van der Waals surface area contributed by atoms with Crippen LogP contribution >= 0.6 is 24.0 Å². The summed E-state index contributed by atoms with van der Waals surface area (Å²) < 4.78 is 0. The van der Waals surface area contributed by atoms with Crippen LogP contribution in [0.4, 0.5) is 0 Å². The van der Waals surface area contributed by atoms with E-state index in [2.05, 4.69) is 0 Å². The van der Waals surface area contributed by atoms with E-state index in [0.717, 1.165) is 18.4 Å². The molecule has 2 N–H and O–H groups in total. The molecule has 1 aliphatic carbocycles. The zero-order chi connectivity index (χ0) is 8.27. The maximum atomic E-state index is 10.6. The van der Waals surface area contributed by atoms with Gasteiger partial charge in [-0.1, -0.05) is 18.2 Å². The minimum absolute atomic E-state index is 0. The topological polar surface area (TPSA) is 43.1 Å². The fourth-order valence-electron chi connectivity index (χ4n) is 1.02. The van der Waals surface area contributed by atoms with Crippen molar-refractivity contribution in [2.24, 2.45) is 5.73 Å². The lowest BCUT2D eigenvalue weighted by Gasteiger charge is -2.12. The molecule has 0 radical (unpaired) electrons. The van der Waals surface area contributed by atoms with Crippen molar-refractivity contribution >= 4 is 29.3 Å². The highest BCUT2D eigenvalue weighted by Gasteiger charge is 2.15. The van der Waals surface area contributed by atoms with Gasteiger partial charge in [0.25, 0.3) is 0 Å². The second-order valence-electron chi connectivity index (χ2n) is 2.47. The molecular weight excluding hydrogens is 197 g/mol. The molecule has 0 aromatic heterocycles. The SMILES string of the molecule is Cl.N[C@@H](C(=O)Cl)C1=CCC=CC1. The van der Waals surface area contributed by atoms with Crippen LogP contribution in [0.1, 0.15) is 12.8 Å². The van der Waals surface area contributed by atoms with Gasteiger partial charge in [-0.15, -0.1) is 12.4 Å². The largest absolute Gasteiger partial charge is 0.317 e. The van der Waals surface area contributed by atoms with Crippen LogP contribution in [-0.2, 0) is 4.79 Å². The van der Waals surface area contributed by atoms with Gasteiger partial charge in [0, 0.05) is 0 Å². The molecule has 12 heavy (non-hydrogen) atoms. The molecule has 4 heteroatoms. The first-order chi connectivity index (χ1) is 5.22. The standard InChI is InChI=1S/C8H10ClNO.ClH/c9-8(11)7(10)6-4-2-1-3-5-6;/h1-2,5,7H,3-4,10H2;1H/t7-;/m1./s1. The van der Waals surface area contributed by atoms with Crippen molar-refractivity contribution in [2.45, 2.75) is 18.9 Å². The third kappa shape index (κ3) is 2.97. The van der Waals surface area contributed by atoms with Crippen LogP contribution < -0.4 is 5.73 Å². The van der Waals surface area contributed by atoms with E-state index >= 15 is 0 Å². The van der Waals surface area contributed by atoms with Crippen LogP contribution in [-0.4, -0.2) is 11.3 Å². The summed E-state index contributed by atoms with van der Waals surface area (Å²) in [6.45, 7) is 0. The normalized spacial score (nSPS) is 17.7. The average molecular weight is 208 g/mol. The molecule has 0 heterocycles. The second-order valence-corrected chi connectivity index (χ2v) is 2.84. The van der Waals surface area contributed by atoms with Gasteiger partial charge < -0.3 is 5.73 Å². The Morgan fingerprint density at radius 3 is 2.67 bits per heavy atom. The highest BCUT2D eigenvalue weighted by molar-refractivity contribution is 6.65. The molecule has 2 nitrogen and oxygen atoms in total. The Balaban J connectivity index is 0.00000121. The number of allylic oxidation sites excluding steroid dienone is 3. The van der Waals surface area contributed by atoms with E-state index in [1.807, 2.05) is 18.2 Å². The van der Waals surface area contributed by atoms with Crippen LogP contribution in [0.15, 0.2) is 23.8 Å². The van der Waals surface area contributed by atoms with Gasteiger partial charge in [-0.25, -0.2) is 0 Å². The van der Waals surface area contributed by atoms with Crippen molar-refractivity contribution in [1.29, 1.82) is 0 Å². The summed E-state index contributed by atoms with van der Waals surface area (Å²) in [5, 5.41) is -0.480. The third-order valence-electron chi connectivity index (χ3n) is 1.68. The van der Waals surface area contributed by atoms with Gasteiger partial charge in [0.1, 0.15) is 6.04 Å². The summed E-state index contributed by atoms with van der Waals surface area (Å²) in [5.41, 5.74) is 6.43. The number of hydrogen-bond donors (Lipinski definition) is 1. The molecule has 0 unspecified atom stereocenters. The highest BCUT2D eigenvalue weighted by atomic mass is 35.5. The van der Waals surface area contributed by atoms with Crippen LogP contribution in [0.5, 0.6) is 0 Å². The quantitative estimate of drug-likeness (QED) is 0.555. The molecule has 0 aliphatic heterocycles. The predicted molar refractivity (Wildman–Crippen MR) is 52.5 cm³/mol. The summed E-state index contributed by atoms with van der Waals surface area (Å²) in [4.78, 5) is 10.6. The van der Waals surface area contributed by atoms with Crippen molar-refractivity contribution in [1.82, 2.24) is 0 Å². The van der Waals surface area contributed by atoms with E-state index in [1.165, 1.54) is 0 Å². The molecule has 0 bridgehead atoms. The minimum atomic E-state index is -0.610. The lowest BCUT2D eigenvalue weighted by molar-refractivity contribution is -0.112. The van der Waals surface area contributed by atoms with E-state index in [1.54, 1.807) is 0 Å². The Kier molecular flexibility index (Phi) is 5.22. The monoisotopic (exact) mass is 207 g/mol. The fourth-order valence-corrected chi connectivity index (χ4v) is 1.16. The predicted octanol–water partition coefficient (Wildman–Crippen LogP) is 1.78. The first-order valence-corrected chi connectivity index (χ1v) is 3.88. The highest BCUT2D eigenvalue weighted by Crippen LogP contribution is 2.14. The van der Waals surface area contributed by atoms with Crippen molar-refractivity contribution in [2.75, 3.05) is 0 Å². The van der Waals surface area contributed by atoms with Gasteiger partial charge in [0.2, 0.25) is 5.24 Å². The molecule has 0 spiro atoms. The molecule has 0 aromatic carbocycles. The number of carbonyl (C=O) groups excluding carboxylic acids is 1. The van der Waals surface area contributed by atoms with E-state index < -0.39 is 11.3 Å². The molecule has 0 fully saturated rings. The number of carbonyl (C=O) groups is 1. The first-order valence-electron chi connectivity index (χ1n) is 3.50. The van der Waals surface area contributed by atoms with Gasteiger partial charge in [0.05, 0.1) is 0 Å². The number of hydrogen-bond acceptors (Lipinski definition) is 2. The second kappa shape index (κ2) is 5.36. The summed E-state index contributed by atoms with van der Waals surface area (Å²) >= 11 is 5.23. The van der Waals surface area contributed by atoms with Crippen LogP contribution in [0.3, 0.4) is 0 Å². The number of rotatable bonds is 2. The van der Waals surface area contributed by atoms with Crippen molar-refractivity contribution < 1.29 is 4.79 Å². The Morgan fingerprint density at radius 1 is 1.58 bits per heavy atom. The minimum Gasteiger partial charge on any atom is -0.317 e. The lowest BCUT2D eigenvalue weighted by atomic mass is 10.0. The third-order valence-corrected chi connectivity index (χ3v) is 1.92. The molecule has 0 saturated heterocycles. The summed E-state index contributed by atoms with van der Waals surface area (Å²) in [7, 11) is 0. The Labute approximate surface area is 82.9 Å². The van der Waals surface area contributed by atoms with Crippen LogP contribution in [0, 0.1) is 0 Å². The van der Waals surface area contributed by atoms with Gasteiger partial charge in [-0.2, -0.15) is 0 Å². The summed E-state index contributed by atoms with van der Waals surface area (Å²) in [6, 6.07) is -0.610. The van der Waals surface area contributed by atoms with Crippen molar-refractivity contribution in [3.8, 4) is 0 Å². The van der Waals surface area contributed by atoms with E-state index in [4.69, 9.17) is 17.3 Å². The Morgan fingerprint density at radius 2 is 2.25 bits per heavy atom. The molecule has 0 aromatic rings. The van der Waals surface area contributed by atoms with Crippen molar-refractivity contribution in [3.63, 3.8) is 0 Å². The zero-order valence-electron chi connectivity index (χ0n) is 6.50. The summed E-state index contributed by atoms with van der Waals surface area (Å²) in [6.07, 6.45) is 7.59. The lowest BCUT2D eigenvalue weighted by Crippen LogP contribution is -2.29. The van der Waals surface area contributed by atoms with Gasteiger partial charge in [-0.3, -0.25) is 4.79 Å². The fraction of sp³-hybridized carbons (Fsp3) is 0.375. The van der Waals surface area contributed by atoms with Crippen LogP contribution in [0.25, 0.3) is 0 Å². The molecule has 1 rings (SSSR count). The number of nitrogens with two attached hydrogens (primary N) is 1.